The standard InChI is InChI=1S/C16H23N3O/c1-5-10-16(3,17)15-18-11(2)14(19-15)12-6-8-13(20-4)9-7-12/h6-9H,5,10,17H2,1-4H3,(H,18,19). The zero-order valence-corrected chi connectivity index (χ0v) is 12.7. The molecule has 108 valence electrons. The van der Waals surface area contributed by atoms with Crippen molar-refractivity contribution < 1.29 is 4.74 Å². The molecule has 1 aromatic carbocycles. The SMILES string of the molecule is CCCC(C)(N)c1nc(-c2ccc(OC)cc2)c(C)[nH]1. The number of benzene rings is 1. The van der Waals surface area contributed by atoms with Crippen LogP contribution in [-0.4, -0.2) is 17.1 Å². The monoisotopic (exact) mass is 273 g/mol. The van der Waals surface area contributed by atoms with E-state index in [-0.39, 0.29) is 0 Å². The molecule has 1 heterocycles. The Balaban J connectivity index is 2.35. The van der Waals surface area contributed by atoms with Gasteiger partial charge in [-0.15, -0.1) is 0 Å². The maximum absolute atomic E-state index is 6.34. The normalized spacial score (nSPS) is 14.1. The lowest BCUT2D eigenvalue weighted by Gasteiger charge is -2.21. The molecule has 0 saturated carbocycles. The number of aryl methyl sites for hydroxylation is 1. The van der Waals surface area contributed by atoms with Gasteiger partial charge in [0, 0.05) is 11.3 Å². The molecule has 1 unspecified atom stereocenters. The molecule has 2 aromatic rings. The Labute approximate surface area is 120 Å². The lowest BCUT2D eigenvalue weighted by atomic mass is 9.97. The molecule has 1 atom stereocenters. The average Bonchev–Trinajstić information content (AvgIpc) is 2.82. The van der Waals surface area contributed by atoms with Crippen molar-refractivity contribution in [2.24, 2.45) is 5.73 Å². The quantitative estimate of drug-likeness (QED) is 0.878. The first-order valence-corrected chi connectivity index (χ1v) is 6.98. The van der Waals surface area contributed by atoms with E-state index in [1.165, 1.54) is 0 Å². The van der Waals surface area contributed by atoms with Crippen molar-refractivity contribution in [3.63, 3.8) is 0 Å². The number of nitrogens with zero attached hydrogens (tertiary/aromatic N) is 1. The number of aromatic nitrogens is 2. The van der Waals surface area contributed by atoms with Gasteiger partial charge in [0.1, 0.15) is 11.6 Å². The Morgan fingerprint density at radius 1 is 1.30 bits per heavy atom. The molecule has 4 heteroatoms. The van der Waals surface area contributed by atoms with Crippen LogP contribution in [0.1, 0.15) is 38.2 Å². The van der Waals surface area contributed by atoms with Gasteiger partial charge in [0.05, 0.1) is 18.3 Å². The molecule has 0 spiro atoms. The van der Waals surface area contributed by atoms with Gasteiger partial charge in [-0.25, -0.2) is 4.98 Å². The van der Waals surface area contributed by atoms with E-state index < -0.39 is 5.54 Å². The first kappa shape index (κ1) is 14.6. The van der Waals surface area contributed by atoms with Crippen molar-refractivity contribution in [1.29, 1.82) is 0 Å². The van der Waals surface area contributed by atoms with Crippen LogP contribution in [0.4, 0.5) is 0 Å². The Hall–Kier alpha value is -1.81. The number of H-pyrrole nitrogens is 1. The maximum Gasteiger partial charge on any atom is 0.126 e. The number of imidazole rings is 1. The molecule has 0 aliphatic heterocycles. The molecular weight excluding hydrogens is 250 g/mol. The van der Waals surface area contributed by atoms with Crippen molar-refractivity contribution in [3.8, 4) is 17.0 Å². The topological polar surface area (TPSA) is 63.9 Å². The number of nitrogens with one attached hydrogen (secondary N) is 1. The molecule has 0 fully saturated rings. The van der Waals surface area contributed by atoms with E-state index in [9.17, 15) is 0 Å². The summed E-state index contributed by atoms with van der Waals surface area (Å²) in [6.07, 6.45) is 1.94. The molecule has 4 nitrogen and oxygen atoms in total. The van der Waals surface area contributed by atoms with Crippen LogP contribution in [0.5, 0.6) is 5.75 Å². The smallest absolute Gasteiger partial charge is 0.126 e. The Morgan fingerprint density at radius 2 is 1.95 bits per heavy atom. The second-order valence-corrected chi connectivity index (χ2v) is 5.45. The van der Waals surface area contributed by atoms with Crippen LogP contribution in [0, 0.1) is 6.92 Å². The van der Waals surface area contributed by atoms with Gasteiger partial charge in [-0.1, -0.05) is 13.3 Å². The van der Waals surface area contributed by atoms with Crippen LogP contribution < -0.4 is 10.5 Å². The maximum atomic E-state index is 6.34. The largest absolute Gasteiger partial charge is 0.497 e. The molecule has 0 saturated heterocycles. The fourth-order valence-corrected chi connectivity index (χ4v) is 2.40. The minimum absolute atomic E-state index is 0.412. The minimum atomic E-state index is -0.412. The summed E-state index contributed by atoms with van der Waals surface area (Å²) in [5.74, 6) is 1.69. The van der Waals surface area contributed by atoms with Gasteiger partial charge < -0.3 is 15.5 Å². The summed E-state index contributed by atoms with van der Waals surface area (Å²) in [6, 6.07) is 7.91. The van der Waals surface area contributed by atoms with Crippen molar-refractivity contribution in [1.82, 2.24) is 9.97 Å². The predicted molar refractivity (Wildman–Crippen MR) is 81.8 cm³/mol. The van der Waals surface area contributed by atoms with Gasteiger partial charge in [0.2, 0.25) is 0 Å². The van der Waals surface area contributed by atoms with Crippen molar-refractivity contribution in [2.45, 2.75) is 39.2 Å². The molecule has 0 amide bonds. The lowest BCUT2D eigenvalue weighted by molar-refractivity contribution is 0.415. The van der Waals surface area contributed by atoms with E-state index in [0.29, 0.717) is 0 Å². The van der Waals surface area contributed by atoms with Gasteiger partial charge in [0.25, 0.3) is 0 Å². The molecule has 1 aromatic heterocycles. The highest BCUT2D eigenvalue weighted by molar-refractivity contribution is 5.63. The Kier molecular flexibility index (Phi) is 4.14. The molecule has 20 heavy (non-hydrogen) atoms. The summed E-state index contributed by atoms with van der Waals surface area (Å²) >= 11 is 0. The van der Waals surface area contributed by atoms with Crippen LogP contribution in [-0.2, 0) is 5.54 Å². The average molecular weight is 273 g/mol. The van der Waals surface area contributed by atoms with Crippen LogP contribution in [0.2, 0.25) is 0 Å². The molecular formula is C16H23N3O. The van der Waals surface area contributed by atoms with E-state index >= 15 is 0 Å². The van der Waals surface area contributed by atoms with Crippen LogP contribution >= 0.6 is 0 Å². The third-order valence-electron chi connectivity index (χ3n) is 3.56. The molecule has 0 radical (unpaired) electrons. The zero-order valence-electron chi connectivity index (χ0n) is 12.7. The van der Waals surface area contributed by atoms with E-state index in [4.69, 9.17) is 15.5 Å². The predicted octanol–water partition coefficient (Wildman–Crippen LogP) is 3.37. The van der Waals surface area contributed by atoms with Crippen molar-refractivity contribution in [2.75, 3.05) is 7.11 Å². The Bertz CT molecular complexity index is 570. The molecule has 3 N–H and O–H groups in total. The van der Waals surface area contributed by atoms with Gasteiger partial charge in [-0.2, -0.15) is 0 Å². The lowest BCUT2D eigenvalue weighted by Crippen LogP contribution is -2.34. The fourth-order valence-electron chi connectivity index (χ4n) is 2.40. The molecule has 0 bridgehead atoms. The zero-order chi connectivity index (χ0) is 14.8. The summed E-state index contributed by atoms with van der Waals surface area (Å²) in [4.78, 5) is 8.03. The molecule has 0 aliphatic carbocycles. The number of hydrogen-bond donors (Lipinski definition) is 2. The number of methoxy groups -OCH3 is 1. The Morgan fingerprint density at radius 3 is 2.50 bits per heavy atom. The summed E-state index contributed by atoms with van der Waals surface area (Å²) in [7, 11) is 1.66. The fraction of sp³-hybridized carbons (Fsp3) is 0.438. The van der Waals surface area contributed by atoms with E-state index in [2.05, 4.69) is 11.9 Å². The highest BCUT2D eigenvalue weighted by atomic mass is 16.5. The first-order chi connectivity index (χ1) is 9.47. The number of ether oxygens (including phenoxy) is 1. The van der Waals surface area contributed by atoms with Gasteiger partial charge in [0.15, 0.2) is 0 Å². The number of aromatic amines is 1. The number of hydrogen-bond acceptors (Lipinski definition) is 3. The third-order valence-corrected chi connectivity index (χ3v) is 3.56. The summed E-state index contributed by atoms with van der Waals surface area (Å²) < 4.78 is 5.18. The molecule has 2 rings (SSSR count). The van der Waals surface area contributed by atoms with Crippen molar-refractivity contribution >= 4 is 0 Å². The van der Waals surface area contributed by atoms with E-state index in [0.717, 1.165) is 41.4 Å². The van der Waals surface area contributed by atoms with Gasteiger partial charge in [-0.05, 0) is 44.5 Å². The van der Waals surface area contributed by atoms with Gasteiger partial charge in [-0.3, -0.25) is 0 Å². The van der Waals surface area contributed by atoms with E-state index in [1.54, 1.807) is 7.11 Å². The van der Waals surface area contributed by atoms with Crippen molar-refractivity contribution in [3.05, 3.63) is 35.8 Å². The van der Waals surface area contributed by atoms with Crippen LogP contribution in [0.25, 0.3) is 11.3 Å². The number of nitrogens with two attached hydrogens (primary N) is 1. The summed E-state index contributed by atoms with van der Waals surface area (Å²) in [5, 5.41) is 0. The third kappa shape index (κ3) is 2.85. The first-order valence-electron chi connectivity index (χ1n) is 6.98. The second kappa shape index (κ2) is 5.67. The van der Waals surface area contributed by atoms with E-state index in [1.807, 2.05) is 38.1 Å². The van der Waals surface area contributed by atoms with Gasteiger partial charge >= 0.3 is 0 Å². The minimum Gasteiger partial charge on any atom is -0.497 e. The highest BCUT2D eigenvalue weighted by Crippen LogP contribution is 2.28. The highest BCUT2D eigenvalue weighted by Gasteiger charge is 2.25. The second-order valence-electron chi connectivity index (χ2n) is 5.45. The number of rotatable bonds is 5. The van der Waals surface area contributed by atoms with Crippen LogP contribution in [0.15, 0.2) is 24.3 Å². The summed E-state index contributed by atoms with van der Waals surface area (Å²) in [6.45, 7) is 6.18. The molecule has 0 aliphatic rings. The summed E-state index contributed by atoms with van der Waals surface area (Å²) in [5.41, 5.74) is 8.99. The van der Waals surface area contributed by atoms with Crippen LogP contribution in [0.3, 0.4) is 0 Å².